The summed E-state index contributed by atoms with van der Waals surface area (Å²) in [6, 6.07) is 4.33. The van der Waals surface area contributed by atoms with Gasteiger partial charge >= 0.3 is 14.2 Å². The third-order valence-corrected chi connectivity index (χ3v) is 6.99. The van der Waals surface area contributed by atoms with E-state index in [2.05, 4.69) is 9.38 Å². The fourth-order valence-electron chi connectivity index (χ4n) is 3.65. The number of hydrogen-bond donors (Lipinski definition) is 1. The number of carbonyl (C=O) groups excluding carboxylic acids is 1. The van der Waals surface area contributed by atoms with E-state index >= 15 is 0 Å². The minimum absolute atomic E-state index is 0.00559. The number of halogens is 3. The molecule has 166 valence electrons. The Labute approximate surface area is 176 Å². The van der Waals surface area contributed by atoms with Gasteiger partial charge in [0, 0.05) is 19.6 Å². The SMILES string of the molecule is [B]OC(=O)C(CCCC)C1CCN(S(=O)(=O)NCc2ccc(C(F)(F)F)cc2)CC1. The van der Waals surface area contributed by atoms with Crippen molar-refractivity contribution in [3.8, 4) is 0 Å². The van der Waals surface area contributed by atoms with Gasteiger partial charge in [0.1, 0.15) is 0 Å². The molecule has 1 saturated heterocycles. The van der Waals surface area contributed by atoms with Gasteiger partial charge in [0.15, 0.2) is 0 Å². The lowest BCUT2D eigenvalue weighted by atomic mass is 9.82. The Morgan fingerprint density at radius 1 is 1.27 bits per heavy atom. The van der Waals surface area contributed by atoms with Crippen molar-refractivity contribution in [3.63, 3.8) is 0 Å². The number of unbranched alkanes of at least 4 members (excludes halogenated alkanes) is 1. The zero-order valence-electron chi connectivity index (χ0n) is 16.8. The monoisotopic (exact) mass is 446 g/mol. The molecule has 1 fully saturated rings. The number of nitrogens with one attached hydrogen (secondary N) is 1. The molecule has 0 aromatic heterocycles. The highest BCUT2D eigenvalue weighted by Crippen LogP contribution is 2.31. The van der Waals surface area contributed by atoms with Crippen LogP contribution >= 0.6 is 0 Å². The molecule has 30 heavy (non-hydrogen) atoms. The van der Waals surface area contributed by atoms with Crippen molar-refractivity contribution in [3.05, 3.63) is 35.4 Å². The van der Waals surface area contributed by atoms with Crippen LogP contribution < -0.4 is 4.72 Å². The van der Waals surface area contributed by atoms with E-state index < -0.39 is 27.9 Å². The summed E-state index contributed by atoms with van der Waals surface area (Å²) in [6.07, 6.45) is -0.998. The quantitative estimate of drug-likeness (QED) is 0.592. The molecule has 0 saturated carbocycles. The number of hydrogen-bond acceptors (Lipinski definition) is 4. The second kappa shape index (κ2) is 10.6. The largest absolute Gasteiger partial charge is 0.543 e. The summed E-state index contributed by atoms with van der Waals surface area (Å²) >= 11 is 0. The minimum Gasteiger partial charge on any atom is -0.543 e. The maximum Gasteiger partial charge on any atom is 0.416 e. The van der Waals surface area contributed by atoms with Gasteiger partial charge in [-0.1, -0.05) is 31.9 Å². The first-order chi connectivity index (χ1) is 14.1. The highest BCUT2D eigenvalue weighted by Gasteiger charge is 2.35. The molecule has 1 aromatic carbocycles. The summed E-state index contributed by atoms with van der Waals surface area (Å²) in [6.45, 7) is 2.39. The van der Waals surface area contributed by atoms with Crippen molar-refractivity contribution in [2.24, 2.45) is 11.8 Å². The van der Waals surface area contributed by atoms with E-state index in [1.54, 1.807) is 0 Å². The molecule has 1 aliphatic rings. The van der Waals surface area contributed by atoms with Crippen LogP contribution in [-0.4, -0.2) is 39.8 Å². The van der Waals surface area contributed by atoms with Crippen LogP contribution in [0.3, 0.4) is 0 Å². The number of piperidine rings is 1. The summed E-state index contributed by atoms with van der Waals surface area (Å²) in [5.41, 5.74) is -0.364. The van der Waals surface area contributed by atoms with Gasteiger partial charge in [-0.25, -0.2) is 0 Å². The molecule has 0 aliphatic carbocycles. The molecule has 1 heterocycles. The van der Waals surface area contributed by atoms with Crippen molar-refractivity contribution in [1.29, 1.82) is 0 Å². The maximum atomic E-state index is 12.6. The smallest absolute Gasteiger partial charge is 0.416 e. The van der Waals surface area contributed by atoms with Gasteiger partial charge in [0.25, 0.3) is 16.2 Å². The predicted octanol–water partition coefficient (Wildman–Crippen LogP) is 3.18. The summed E-state index contributed by atoms with van der Waals surface area (Å²) < 4.78 is 71.1. The van der Waals surface area contributed by atoms with Crippen LogP contribution in [-0.2, 0) is 32.4 Å². The molecule has 0 bridgehead atoms. The van der Waals surface area contributed by atoms with Gasteiger partial charge in [-0.3, -0.25) is 4.79 Å². The molecule has 2 rings (SSSR count). The average molecular weight is 446 g/mol. The third-order valence-electron chi connectivity index (χ3n) is 5.44. The molecule has 1 aromatic rings. The fraction of sp³-hybridized carbons (Fsp3) is 0.632. The molecular formula is C19H26BF3N2O4S. The van der Waals surface area contributed by atoms with Crippen LogP contribution in [0, 0.1) is 11.8 Å². The van der Waals surface area contributed by atoms with E-state index in [-0.39, 0.29) is 31.5 Å². The zero-order valence-corrected chi connectivity index (χ0v) is 17.6. The van der Waals surface area contributed by atoms with E-state index in [1.165, 1.54) is 16.4 Å². The molecule has 1 atom stereocenters. The molecule has 0 amide bonds. The maximum absolute atomic E-state index is 12.6. The Hall–Kier alpha value is -1.59. The molecule has 6 nitrogen and oxygen atoms in total. The summed E-state index contributed by atoms with van der Waals surface area (Å²) in [5, 5.41) is 0. The van der Waals surface area contributed by atoms with Crippen molar-refractivity contribution in [1.82, 2.24) is 9.03 Å². The Balaban J connectivity index is 1.91. The average Bonchev–Trinajstić information content (AvgIpc) is 2.72. The Bertz CT molecular complexity index is 795. The summed E-state index contributed by atoms with van der Waals surface area (Å²) in [7, 11) is 1.26. The number of nitrogens with zero attached hydrogens (tertiary/aromatic N) is 1. The number of alkyl halides is 3. The van der Waals surface area contributed by atoms with E-state index in [0.29, 0.717) is 24.8 Å². The van der Waals surface area contributed by atoms with Crippen molar-refractivity contribution in [2.45, 2.75) is 51.7 Å². The number of rotatable bonds is 9. The van der Waals surface area contributed by atoms with Gasteiger partial charge < -0.3 is 4.65 Å². The highest BCUT2D eigenvalue weighted by molar-refractivity contribution is 7.87. The van der Waals surface area contributed by atoms with Crippen molar-refractivity contribution in [2.75, 3.05) is 13.1 Å². The Kier molecular flexibility index (Phi) is 8.75. The van der Waals surface area contributed by atoms with Crippen molar-refractivity contribution < 1.29 is 31.0 Å². The van der Waals surface area contributed by atoms with Gasteiger partial charge in [0.2, 0.25) is 0 Å². The fourth-order valence-corrected chi connectivity index (χ4v) is 4.88. The normalized spacial score (nSPS) is 17.6. The zero-order chi connectivity index (χ0) is 22.4. The minimum atomic E-state index is -4.44. The van der Waals surface area contributed by atoms with Crippen molar-refractivity contribution >= 4 is 24.2 Å². The molecule has 0 spiro atoms. The molecule has 11 heteroatoms. The topological polar surface area (TPSA) is 75.7 Å². The van der Waals surface area contributed by atoms with Gasteiger partial charge in [-0.2, -0.15) is 30.6 Å². The lowest BCUT2D eigenvalue weighted by molar-refractivity contribution is -0.141. The predicted molar refractivity (Wildman–Crippen MR) is 106 cm³/mol. The Morgan fingerprint density at radius 3 is 2.37 bits per heavy atom. The second-order valence-corrected chi connectivity index (χ2v) is 9.20. The van der Waals surface area contributed by atoms with Gasteiger partial charge in [-0.05, 0) is 42.9 Å². The molecule has 1 aliphatic heterocycles. The molecule has 2 radical (unpaired) electrons. The molecular weight excluding hydrogens is 420 g/mol. The number of benzene rings is 1. The van der Waals surface area contributed by atoms with Gasteiger partial charge in [0.05, 0.1) is 11.5 Å². The van der Waals surface area contributed by atoms with E-state index in [4.69, 9.17) is 8.05 Å². The summed E-state index contributed by atoms with van der Waals surface area (Å²) in [5.74, 6) is -0.820. The summed E-state index contributed by atoms with van der Waals surface area (Å²) in [4.78, 5) is 12.0. The lowest BCUT2D eigenvalue weighted by Crippen LogP contribution is -2.46. The molecule has 1 unspecified atom stereocenters. The van der Waals surface area contributed by atoms with E-state index in [0.717, 1.165) is 25.0 Å². The third kappa shape index (κ3) is 6.71. The first-order valence-corrected chi connectivity index (χ1v) is 11.3. The van der Waals surface area contributed by atoms with Crippen LogP contribution in [0.25, 0.3) is 0 Å². The Morgan fingerprint density at radius 2 is 1.87 bits per heavy atom. The highest BCUT2D eigenvalue weighted by atomic mass is 32.2. The first-order valence-electron chi connectivity index (χ1n) is 9.90. The first kappa shape index (κ1) is 24.7. The van der Waals surface area contributed by atoms with Crippen LogP contribution in [0.15, 0.2) is 24.3 Å². The van der Waals surface area contributed by atoms with E-state index in [1.807, 2.05) is 6.92 Å². The standard InChI is InChI=1S/C19H26BF3N2O4S/c1-2-3-4-17(18(26)29-20)15-9-11-25(12-10-15)30(27,28)24-13-14-5-7-16(8-6-14)19(21,22)23/h5-8,15,17,24H,2-4,9-13H2,1H3. The van der Waals surface area contributed by atoms with Gasteiger partial charge in [-0.15, -0.1) is 0 Å². The van der Waals surface area contributed by atoms with Crippen LogP contribution in [0.5, 0.6) is 0 Å². The lowest BCUT2D eigenvalue weighted by Gasteiger charge is -2.34. The van der Waals surface area contributed by atoms with Crippen LogP contribution in [0.4, 0.5) is 13.2 Å². The second-order valence-electron chi connectivity index (χ2n) is 7.44. The van der Waals surface area contributed by atoms with Crippen LogP contribution in [0.1, 0.15) is 50.2 Å². The van der Waals surface area contributed by atoms with E-state index in [9.17, 15) is 26.4 Å². The van der Waals surface area contributed by atoms with Crippen LogP contribution in [0.2, 0.25) is 0 Å². The molecule has 1 N–H and O–H groups in total. The number of carbonyl (C=O) groups is 1.